The average molecular weight is 599 g/mol. The molecule has 5 aromatic rings. The quantitative estimate of drug-likeness (QED) is 0.207. The molecule has 36 heavy (non-hydrogen) atoms. The van der Waals surface area contributed by atoms with Gasteiger partial charge in [0.15, 0.2) is 5.65 Å². The fraction of sp³-hybridized carbons (Fsp3) is 0.259. The molecule has 184 valence electrons. The molecule has 1 aromatic carbocycles. The van der Waals surface area contributed by atoms with Gasteiger partial charge in [-0.1, -0.05) is 35.9 Å². The van der Waals surface area contributed by atoms with Crippen molar-refractivity contribution in [2.75, 3.05) is 25.0 Å². The molecule has 1 saturated heterocycles. The highest BCUT2D eigenvalue weighted by Crippen LogP contribution is 2.33. The van der Waals surface area contributed by atoms with Crippen LogP contribution in [0, 0.1) is 5.92 Å². The normalized spacial score (nSPS) is 16.6. The number of hydrogen-bond acceptors (Lipinski definition) is 6. The molecule has 0 radical (unpaired) electrons. The minimum absolute atomic E-state index is 0.571. The first-order valence-corrected chi connectivity index (χ1v) is 14.9. The Bertz CT molecular complexity index is 1480. The van der Waals surface area contributed by atoms with Crippen molar-refractivity contribution in [3.63, 3.8) is 0 Å². The number of piperidine rings is 1. The molecule has 6 rings (SSSR count). The Balaban J connectivity index is 1.16. The highest BCUT2D eigenvalue weighted by Gasteiger charge is 2.21. The molecule has 0 saturated carbocycles. The fourth-order valence-electron chi connectivity index (χ4n) is 4.81. The lowest BCUT2D eigenvalue weighted by molar-refractivity contribution is 0.174. The minimum atomic E-state index is 0.571. The van der Waals surface area contributed by atoms with Crippen LogP contribution in [0.1, 0.15) is 17.7 Å². The third-order valence-corrected chi connectivity index (χ3v) is 9.58. The summed E-state index contributed by atoms with van der Waals surface area (Å²) in [7, 11) is 0. The summed E-state index contributed by atoms with van der Waals surface area (Å²) in [6, 6.07) is 18.8. The van der Waals surface area contributed by atoms with Crippen LogP contribution in [0.3, 0.4) is 0 Å². The Hall–Kier alpha value is -2.23. The van der Waals surface area contributed by atoms with Crippen LogP contribution in [-0.4, -0.2) is 39.1 Å². The van der Waals surface area contributed by atoms with Crippen LogP contribution in [0.15, 0.2) is 70.6 Å². The summed E-state index contributed by atoms with van der Waals surface area (Å²) in [5.41, 5.74) is 2.53. The van der Waals surface area contributed by atoms with Crippen molar-refractivity contribution in [1.29, 1.82) is 0 Å². The molecule has 1 fully saturated rings. The van der Waals surface area contributed by atoms with Gasteiger partial charge in [-0.05, 0) is 70.9 Å². The number of nitrogens with zero attached hydrogens (tertiary/aromatic N) is 4. The van der Waals surface area contributed by atoms with Gasteiger partial charge in [-0.25, -0.2) is 4.98 Å². The largest absolute Gasteiger partial charge is 0.370 e. The number of thiophene rings is 2. The second-order valence-corrected chi connectivity index (χ2v) is 12.5. The van der Waals surface area contributed by atoms with Crippen molar-refractivity contribution in [1.82, 2.24) is 19.5 Å². The Morgan fingerprint density at radius 1 is 1.11 bits per heavy atom. The number of aromatic nitrogens is 3. The monoisotopic (exact) mass is 597 g/mol. The van der Waals surface area contributed by atoms with E-state index >= 15 is 0 Å². The molecule has 0 amide bonds. The van der Waals surface area contributed by atoms with E-state index in [4.69, 9.17) is 16.6 Å². The highest BCUT2D eigenvalue weighted by molar-refractivity contribution is 9.10. The molecule has 1 unspecified atom stereocenters. The fourth-order valence-corrected chi connectivity index (χ4v) is 7.28. The second-order valence-electron chi connectivity index (χ2n) is 9.10. The zero-order valence-electron chi connectivity index (χ0n) is 19.5. The van der Waals surface area contributed by atoms with Gasteiger partial charge >= 0.3 is 0 Å². The van der Waals surface area contributed by atoms with Crippen molar-refractivity contribution in [2.45, 2.75) is 19.4 Å². The summed E-state index contributed by atoms with van der Waals surface area (Å²) < 4.78 is 2.73. The predicted octanol–water partition coefficient (Wildman–Crippen LogP) is 7.93. The van der Waals surface area contributed by atoms with E-state index in [0.717, 1.165) is 53.4 Å². The molecule has 1 N–H and O–H groups in total. The first-order chi connectivity index (χ1) is 17.6. The molecular weight excluding hydrogens is 574 g/mol. The van der Waals surface area contributed by atoms with Crippen LogP contribution < -0.4 is 5.32 Å². The Labute approximate surface area is 231 Å². The van der Waals surface area contributed by atoms with Crippen LogP contribution in [0.4, 0.5) is 5.82 Å². The SMILES string of the molecule is Clc1ccccc1-c1cc(NCC2CCCN(Cc3ccc(-c4cccs4)s3)C2)n2ncc(Br)c2n1. The van der Waals surface area contributed by atoms with Gasteiger partial charge in [0.25, 0.3) is 0 Å². The third kappa shape index (κ3) is 5.10. The Morgan fingerprint density at radius 3 is 2.89 bits per heavy atom. The number of likely N-dealkylation sites (tertiary alicyclic amines) is 1. The Kier molecular flexibility index (Phi) is 7.13. The van der Waals surface area contributed by atoms with E-state index < -0.39 is 0 Å². The van der Waals surface area contributed by atoms with E-state index in [1.54, 1.807) is 6.20 Å². The highest BCUT2D eigenvalue weighted by atomic mass is 79.9. The summed E-state index contributed by atoms with van der Waals surface area (Å²) >= 11 is 13.8. The smallest absolute Gasteiger partial charge is 0.172 e. The van der Waals surface area contributed by atoms with Crippen molar-refractivity contribution in [3.8, 4) is 21.0 Å². The Morgan fingerprint density at radius 2 is 2.03 bits per heavy atom. The minimum Gasteiger partial charge on any atom is -0.370 e. The lowest BCUT2D eigenvalue weighted by Gasteiger charge is -2.32. The zero-order valence-corrected chi connectivity index (χ0v) is 23.5. The molecule has 5 nitrogen and oxygen atoms in total. The molecule has 9 heteroatoms. The van der Waals surface area contributed by atoms with E-state index in [0.29, 0.717) is 10.9 Å². The summed E-state index contributed by atoms with van der Waals surface area (Å²) in [5.74, 6) is 1.50. The topological polar surface area (TPSA) is 45.5 Å². The third-order valence-electron chi connectivity index (χ3n) is 6.56. The first kappa shape index (κ1) is 24.1. The molecule has 1 atom stereocenters. The van der Waals surface area contributed by atoms with Crippen molar-refractivity contribution >= 4 is 61.7 Å². The molecule has 0 aliphatic carbocycles. The van der Waals surface area contributed by atoms with Gasteiger partial charge in [-0.3, -0.25) is 4.90 Å². The van der Waals surface area contributed by atoms with Crippen molar-refractivity contribution in [2.24, 2.45) is 5.92 Å². The zero-order chi connectivity index (χ0) is 24.5. The van der Waals surface area contributed by atoms with Gasteiger partial charge in [-0.15, -0.1) is 22.7 Å². The summed E-state index contributed by atoms with van der Waals surface area (Å²) in [5, 5.41) is 11.1. The van der Waals surface area contributed by atoms with E-state index in [2.05, 4.69) is 60.9 Å². The van der Waals surface area contributed by atoms with Crippen LogP contribution in [0.5, 0.6) is 0 Å². The number of hydrogen-bond donors (Lipinski definition) is 1. The maximum atomic E-state index is 6.49. The first-order valence-electron chi connectivity index (χ1n) is 12.0. The lowest BCUT2D eigenvalue weighted by atomic mass is 9.98. The van der Waals surface area contributed by atoms with E-state index in [9.17, 15) is 0 Å². The predicted molar refractivity (Wildman–Crippen MR) is 155 cm³/mol. The van der Waals surface area contributed by atoms with Gasteiger partial charge in [0.05, 0.1) is 16.4 Å². The van der Waals surface area contributed by atoms with Crippen molar-refractivity contribution in [3.05, 3.63) is 80.5 Å². The van der Waals surface area contributed by atoms with Crippen LogP contribution in [0.25, 0.3) is 26.7 Å². The molecule has 1 aliphatic rings. The van der Waals surface area contributed by atoms with E-state index in [-0.39, 0.29) is 0 Å². The standard InChI is InChI=1S/C27H25BrClN5S2/c28-21-15-31-34-26(13-23(32-27(21)34)20-6-1-2-7-22(20)29)30-14-18-5-3-11-33(16-18)17-19-9-10-25(36-19)24-8-4-12-35-24/h1-2,4,6-10,12-13,15,18,30H,3,5,11,14,16-17H2. The van der Waals surface area contributed by atoms with Crippen LogP contribution in [-0.2, 0) is 6.54 Å². The van der Waals surface area contributed by atoms with Gasteiger partial charge in [0.1, 0.15) is 5.82 Å². The van der Waals surface area contributed by atoms with Crippen molar-refractivity contribution < 1.29 is 0 Å². The maximum Gasteiger partial charge on any atom is 0.172 e. The van der Waals surface area contributed by atoms with Crippen LogP contribution >= 0.6 is 50.2 Å². The number of nitrogens with one attached hydrogen (secondary N) is 1. The molecule has 0 spiro atoms. The summed E-state index contributed by atoms with van der Waals surface area (Å²) in [6.07, 6.45) is 4.24. The second kappa shape index (κ2) is 10.6. The number of fused-ring (bicyclic) bond motifs is 1. The summed E-state index contributed by atoms with van der Waals surface area (Å²) in [6.45, 7) is 4.16. The molecule has 0 bridgehead atoms. The van der Waals surface area contributed by atoms with Gasteiger partial charge in [0, 0.05) is 50.9 Å². The number of benzene rings is 1. The summed E-state index contributed by atoms with van der Waals surface area (Å²) in [4.78, 5) is 11.6. The number of rotatable bonds is 7. The van der Waals surface area contributed by atoms with Gasteiger partial charge in [0.2, 0.25) is 0 Å². The molecule has 1 aliphatic heterocycles. The lowest BCUT2D eigenvalue weighted by Crippen LogP contribution is -2.37. The van der Waals surface area contributed by atoms with Gasteiger partial charge < -0.3 is 5.32 Å². The maximum absolute atomic E-state index is 6.49. The molecule has 5 heterocycles. The van der Waals surface area contributed by atoms with Crippen LogP contribution in [0.2, 0.25) is 5.02 Å². The van der Waals surface area contributed by atoms with Gasteiger partial charge in [-0.2, -0.15) is 9.61 Å². The molecule has 4 aromatic heterocycles. The average Bonchev–Trinajstić information content (AvgIpc) is 3.65. The number of halogens is 2. The van der Waals surface area contributed by atoms with E-state index in [1.165, 1.54) is 27.5 Å². The van der Waals surface area contributed by atoms with E-state index in [1.807, 2.05) is 57.5 Å². The number of anilines is 1. The molecular formula is C27H25BrClN5S2.